The van der Waals surface area contributed by atoms with Gasteiger partial charge in [0, 0.05) is 12.1 Å². The van der Waals surface area contributed by atoms with Gasteiger partial charge in [0.25, 0.3) is 0 Å². The van der Waals surface area contributed by atoms with Crippen molar-refractivity contribution in [3.8, 4) is 0 Å². The monoisotopic (exact) mass is 273 g/mol. The van der Waals surface area contributed by atoms with Crippen molar-refractivity contribution in [2.24, 2.45) is 10.8 Å². The Kier molecular flexibility index (Phi) is 4.30. The minimum Gasteiger partial charge on any atom is -0.307 e. The lowest BCUT2D eigenvalue weighted by atomic mass is 9.63. The van der Waals surface area contributed by atoms with E-state index in [-0.39, 0.29) is 0 Å². The van der Waals surface area contributed by atoms with Crippen LogP contribution in [-0.2, 0) is 0 Å². The van der Waals surface area contributed by atoms with Crippen LogP contribution in [0.4, 0.5) is 0 Å². The number of hydrogen-bond donors (Lipinski definition) is 1. The number of aryl methyl sites for hydroxylation is 1. The van der Waals surface area contributed by atoms with Gasteiger partial charge >= 0.3 is 0 Å². The molecule has 112 valence electrons. The third-order valence-electron chi connectivity index (χ3n) is 4.58. The highest BCUT2D eigenvalue weighted by molar-refractivity contribution is 5.24. The van der Waals surface area contributed by atoms with Crippen LogP contribution in [-0.4, -0.2) is 6.04 Å². The maximum atomic E-state index is 3.87. The largest absolute Gasteiger partial charge is 0.307 e. The van der Waals surface area contributed by atoms with E-state index in [1.54, 1.807) is 0 Å². The summed E-state index contributed by atoms with van der Waals surface area (Å²) in [4.78, 5) is 0. The zero-order chi connectivity index (χ0) is 15.0. The van der Waals surface area contributed by atoms with Crippen LogP contribution in [0.3, 0.4) is 0 Å². The van der Waals surface area contributed by atoms with Crippen molar-refractivity contribution in [1.82, 2.24) is 5.32 Å². The SMILES string of the molecule is Cc1cccc([C@@H](C)NC2CC(C)(C)CC(C)(C)C2)c1. The van der Waals surface area contributed by atoms with Gasteiger partial charge in [-0.05, 0) is 49.5 Å². The molecule has 1 aromatic carbocycles. The molecule has 1 aliphatic carbocycles. The fourth-order valence-electron chi connectivity index (χ4n) is 4.35. The highest BCUT2D eigenvalue weighted by atomic mass is 15.0. The molecule has 0 aliphatic heterocycles. The van der Waals surface area contributed by atoms with Gasteiger partial charge in [-0.15, -0.1) is 0 Å². The average molecular weight is 273 g/mol. The number of nitrogens with one attached hydrogen (secondary N) is 1. The first-order valence-corrected chi connectivity index (χ1v) is 8.00. The molecule has 1 aromatic rings. The topological polar surface area (TPSA) is 12.0 Å². The van der Waals surface area contributed by atoms with Gasteiger partial charge in [0.1, 0.15) is 0 Å². The van der Waals surface area contributed by atoms with Crippen molar-refractivity contribution >= 4 is 0 Å². The maximum Gasteiger partial charge on any atom is 0.0294 e. The Morgan fingerprint density at radius 3 is 2.25 bits per heavy atom. The van der Waals surface area contributed by atoms with E-state index < -0.39 is 0 Å². The predicted octanol–water partition coefficient (Wildman–Crippen LogP) is 5.25. The van der Waals surface area contributed by atoms with E-state index in [1.807, 2.05) is 0 Å². The summed E-state index contributed by atoms with van der Waals surface area (Å²) >= 11 is 0. The van der Waals surface area contributed by atoms with Crippen molar-refractivity contribution in [1.29, 1.82) is 0 Å². The fraction of sp³-hybridized carbons (Fsp3) is 0.684. The van der Waals surface area contributed by atoms with E-state index in [4.69, 9.17) is 0 Å². The molecule has 0 radical (unpaired) electrons. The number of rotatable bonds is 3. The molecule has 1 saturated carbocycles. The summed E-state index contributed by atoms with van der Waals surface area (Å²) in [7, 11) is 0. The minimum atomic E-state index is 0.435. The van der Waals surface area contributed by atoms with Gasteiger partial charge in [-0.25, -0.2) is 0 Å². The van der Waals surface area contributed by atoms with E-state index in [1.165, 1.54) is 30.4 Å². The molecule has 0 aromatic heterocycles. The van der Waals surface area contributed by atoms with Crippen LogP contribution < -0.4 is 5.32 Å². The Bertz CT molecular complexity index is 443. The molecule has 0 amide bonds. The molecule has 0 spiro atoms. The fourth-order valence-corrected chi connectivity index (χ4v) is 4.35. The first-order chi connectivity index (χ1) is 9.17. The van der Waals surface area contributed by atoms with E-state index in [9.17, 15) is 0 Å². The van der Waals surface area contributed by atoms with Crippen LogP contribution in [0.2, 0.25) is 0 Å². The second-order valence-electron chi connectivity index (χ2n) is 8.41. The first kappa shape index (κ1) is 15.6. The Morgan fingerprint density at radius 1 is 1.10 bits per heavy atom. The smallest absolute Gasteiger partial charge is 0.0294 e. The van der Waals surface area contributed by atoms with Crippen molar-refractivity contribution in [2.45, 2.75) is 72.9 Å². The Balaban J connectivity index is 2.05. The number of hydrogen-bond acceptors (Lipinski definition) is 1. The van der Waals surface area contributed by atoms with Crippen molar-refractivity contribution in [3.05, 3.63) is 35.4 Å². The van der Waals surface area contributed by atoms with Crippen molar-refractivity contribution in [2.75, 3.05) is 0 Å². The molecule has 0 saturated heterocycles. The predicted molar refractivity (Wildman–Crippen MR) is 87.9 cm³/mol. The minimum absolute atomic E-state index is 0.435. The van der Waals surface area contributed by atoms with Gasteiger partial charge < -0.3 is 5.32 Å². The van der Waals surface area contributed by atoms with E-state index in [0.717, 1.165) is 0 Å². The van der Waals surface area contributed by atoms with Crippen LogP contribution in [0.1, 0.15) is 71.0 Å². The molecule has 1 heteroatoms. The Labute approximate surface area is 125 Å². The van der Waals surface area contributed by atoms with Gasteiger partial charge in [0.2, 0.25) is 0 Å². The van der Waals surface area contributed by atoms with Crippen LogP contribution in [0.15, 0.2) is 24.3 Å². The molecule has 0 heterocycles. The van der Waals surface area contributed by atoms with Crippen molar-refractivity contribution in [3.63, 3.8) is 0 Å². The molecule has 20 heavy (non-hydrogen) atoms. The van der Waals surface area contributed by atoms with Crippen molar-refractivity contribution < 1.29 is 0 Å². The summed E-state index contributed by atoms with van der Waals surface area (Å²) < 4.78 is 0. The van der Waals surface area contributed by atoms with Gasteiger partial charge in [0.05, 0.1) is 0 Å². The lowest BCUT2D eigenvalue weighted by Gasteiger charge is -2.46. The standard InChI is InChI=1S/C19H31N/c1-14-8-7-9-16(10-14)15(2)20-17-11-18(3,4)13-19(5,6)12-17/h7-10,15,17,20H,11-13H2,1-6H3/t15-/m1/s1. The van der Waals surface area contributed by atoms with E-state index in [2.05, 4.69) is 71.1 Å². The van der Waals surface area contributed by atoms with Crippen LogP contribution in [0, 0.1) is 17.8 Å². The first-order valence-electron chi connectivity index (χ1n) is 8.00. The molecule has 1 nitrogen and oxygen atoms in total. The summed E-state index contributed by atoms with van der Waals surface area (Å²) in [6, 6.07) is 9.94. The summed E-state index contributed by atoms with van der Waals surface area (Å²) in [5, 5.41) is 3.87. The van der Waals surface area contributed by atoms with Crippen LogP contribution >= 0.6 is 0 Å². The molecular weight excluding hydrogens is 242 g/mol. The zero-order valence-corrected chi connectivity index (χ0v) is 14.1. The lowest BCUT2D eigenvalue weighted by molar-refractivity contribution is 0.0811. The van der Waals surface area contributed by atoms with E-state index >= 15 is 0 Å². The summed E-state index contributed by atoms with van der Waals surface area (Å²) in [6.07, 6.45) is 3.90. The molecule has 1 N–H and O–H groups in total. The Morgan fingerprint density at radius 2 is 1.70 bits per heavy atom. The lowest BCUT2D eigenvalue weighted by Crippen LogP contribution is -2.44. The second kappa shape index (κ2) is 5.52. The summed E-state index contributed by atoms with van der Waals surface area (Å²) in [5.41, 5.74) is 3.66. The van der Waals surface area contributed by atoms with Gasteiger partial charge in [-0.3, -0.25) is 0 Å². The molecular formula is C19H31N. The van der Waals surface area contributed by atoms with Gasteiger partial charge in [-0.2, -0.15) is 0 Å². The molecule has 0 unspecified atom stereocenters. The van der Waals surface area contributed by atoms with Crippen LogP contribution in [0.25, 0.3) is 0 Å². The molecule has 1 atom stereocenters. The quantitative estimate of drug-likeness (QED) is 0.793. The average Bonchev–Trinajstić information content (AvgIpc) is 2.24. The molecule has 1 fully saturated rings. The van der Waals surface area contributed by atoms with Gasteiger partial charge in [0.15, 0.2) is 0 Å². The third kappa shape index (κ3) is 4.09. The third-order valence-corrected chi connectivity index (χ3v) is 4.58. The highest BCUT2D eigenvalue weighted by Gasteiger charge is 2.38. The molecule has 1 aliphatic rings. The Hall–Kier alpha value is -0.820. The highest BCUT2D eigenvalue weighted by Crippen LogP contribution is 2.46. The normalized spacial score (nSPS) is 23.5. The number of benzene rings is 1. The summed E-state index contributed by atoms with van der Waals surface area (Å²) in [6.45, 7) is 14.1. The van der Waals surface area contributed by atoms with Gasteiger partial charge in [-0.1, -0.05) is 57.5 Å². The molecule has 2 rings (SSSR count). The van der Waals surface area contributed by atoms with Crippen LogP contribution in [0.5, 0.6) is 0 Å². The zero-order valence-electron chi connectivity index (χ0n) is 14.1. The van der Waals surface area contributed by atoms with E-state index in [0.29, 0.717) is 22.9 Å². The molecule has 0 bridgehead atoms. The summed E-state index contributed by atoms with van der Waals surface area (Å²) in [5.74, 6) is 0. The second-order valence-corrected chi connectivity index (χ2v) is 8.41. The maximum absolute atomic E-state index is 3.87.